The number of thioether (sulfide) groups is 1. The molecule has 0 aliphatic carbocycles. The molecule has 0 spiro atoms. The minimum absolute atomic E-state index is 0.0494. The molecule has 0 atom stereocenters. The zero-order valence-corrected chi connectivity index (χ0v) is 11.5. The minimum atomic E-state index is -0.332. The SMILES string of the molecule is Cn1c(CO)cnc1SCc1nc2cc(F)ccc2o1. The Morgan fingerprint density at radius 2 is 2.30 bits per heavy atom. The van der Waals surface area contributed by atoms with Gasteiger partial charge in [0.2, 0.25) is 5.89 Å². The van der Waals surface area contributed by atoms with Gasteiger partial charge in [-0.15, -0.1) is 0 Å². The number of imidazole rings is 1. The van der Waals surface area contributed by atoms with Crippen LogP contribution in [0.4, 0.5) is 4.39 Å². The van der Waals surface area contributed by atoms with Crippen LogP contribution in [0.1, 0.15) is 11.6 Å². The van der Waals surface area contributed by atoms with E-state index in [9.17, 15) is 4.39 Å². The summed E-state index contributed by atoms with van der Waals surface area (Å²) in [6.07, 6.45) is 1.63. The molecule has 0 fully saturated rings. The number of aliphatic hydroxyl groups excluding tert-OH is 1. The third kappa shape index (κ3) is 2.41. The Hall–Kier alpha value is -1.86. The Kier molecular flexibility index (Phi) is 3.45. The molecular weight excluding hydrogens is 281 g/mol. The quantitative estimate of drug-likeness (QED) is 0.749. The Morgan fingerprint density at radius 3 is 3.05 bits per heavy atom. The fourth-order valence-corrected chi connectivity index (χ4v) is 2.66. The molecule has 20 heavy (non-hydrogen) atoms. The molecule has 7 heteroatoms. The molecule has 104 valence electrons. The molecule has 3 rings (SSSR count). The van der Waals surface area contributed by atoms with Crippen LogP contribution >= 0.6 is 11.8 Å². The summed E-state index contributed by atoms with van der Waals surface area (Å²) in [5.74, 6) is 0.678. The van der Waals surface area contributed by atoms with Crippen molar-refractivity contribution in [2.75, 3.05) is 0 Å². The van der Waals surface area contributed by atoms with Gasteiger partial charge in [0.1, 0.15) is 11.3 Å². The number of hydrogen-bond donors (Lipinski definition) is 1. The van der Waals surface area contributed by atoms with Gasteiger partial charge >= 0.3 is 0 Å². The Balaban J connectivity index is 1.77. The van der Waals surface area contributed by atoms with Gasteiger partial charge in [0.15, 0.2) is 10.7 Å². The average molecular weight is 293 g/mol. The third-order valence-corrected chi connectivity index (χ3v) is 3.95. The van der Waals surface area contributed by atoms with E-state index in [0.717, 1.165) is 10.9 Å². The van der Waals surface area contributed by atoms with E-state index >= 15 is 0 Å². The molecule has 0 amide bonds. The molecule has 2 aromatic heterocycles. The standard InChI is InChI=1S/C13H12FN3O2S/c1-17-9(6-18)5-15-13(17)20-7-12-16-10-4-8(14)2-3-11(10)19-12/h2-5,18H,6-7H2,1H3. The van der Waals surface area contributed by atoms with Crippen LogP contribution in [0, 0.1) is 5.82 Å². The van der Waals surface area contributed by atoms with Crippen LogP contribution in [0.15, 0.2) is 34.0 Å². The summed E-state index contributed by atoms with van der Waals surface area (Å²) in [5.41, 5.74) is 1.82. The average Bonchev–Trinajstić information content (AvgIpc) is 2.99. The van der Waals surface area contributed by atoms with Gasteiger partial charge in [0.25, 0.3) is 0 Å². The van der Waals surface area contributed by atoms with E-state index in [1.165, 1.54) is 23.9 Å². The zero-order chi connectivity index (χ0) is 14.1. The van der Waals surface area contributed by atoms with Gasteiger partial charge in [0.05, 0.1) is 24.3 Å². The molecule has 0 saturated heterocycles. The van der Waals surface area contributed by atoms with Gasteiger partial charge in [-0.05, 0) is 12.1 Å². The molecule has 0 aliphatic heterocycles. The van der Waals surface area contributed by atoms with Crippen molar-refractivity contribution in [2.45, 2.75) is 17.5 Å². The maximum absolute atomic E-state index is 13.1. The van der Waals surface area contributed by atoms with Crippen LogP contribution in [0.3, 0.4) is 0 Å². The fourth-order valence-electron chi connectivity index (χ4n) is 1.84. The monoisotopic (exact) mass is 293 g/mol. The van der Waals surface area contributed by atoms with E-state index < -0.39 is 0 Å². The Bertz CT molecular complexity index is 753. The van der Waals surface area contributed by atoms with Gasteiger partial charge in [0, 0.05) is 13.1 Å². The van der Waals surface area contributed by atoms with Crippen molar-refractivity contribution in [1.82, 2.24) is 14.5 Å². The van der Waals surface area contributed by atoms with E-state index in [0.29, 0.717) is 22.7 Å². The topological polar surface area (TPSA) is 64.1 Å². The minimum Gasteiger partial charge on any atom is -0.440 e. The fraction of sp³-hybridized carbons (Fsp3) is 0.231. The lowest BCUT2D eigenvalue weighted by Crippen LogP contribution is -1.97. The van der Waals surface area contributed by atoms with Crippen LogP contribution in [0.5, 0.6) is 0 Å². The maximum atomic E-state index is 13.1. The van der Waals surface area contributed by atoms with E-state index in [1.807, 2.05) is 11.6 Å². The number of rotatable bonds is 4. The number of halogens is 1. The molecule has 1 aromatic carbocycles. The second-order valence-electron chi connectivity index (χ2n) is 4.26. The molecule has 0 unspecified atom stereocenters. The Morgan fingerprint density at radius 1 is 1.45 bits per heavy atom. The van der Waals surface area contributed by atoms with E-state index in [1.54, 1.807) is 12.3 Å². The zero-order valence-electron chi connectivity index (χ0n) is 10.7. The van der Waals surface area contributed by atoms with Crippen LogP contribution in [-0.2, 0) is 19.4 Å². The van der Waals surface area contributed by atoms with Crippen molar-refractivity contribution in [3.8, 4) is 0 Å². The molecule has 1 N–H and O–H groups in total. The summed E-state index contributed by atoms with van der Waals surface area (Å²) in [6.45, 7) is -0.0494. The summed E-state index contributed by atoms with van der Waals surface area (Å²) in [4.78, 5) is 8.44. The van der Waals surface area contributed by atoms with Gasteiger partial charge in [-0.3, -0.25) is 0 Å². The maximum Gasteiger partial charge on any atom is 0.205 e. The summed E-state index contributed by atoms with van der Waals surface area (Å²) in [5, 5.41) is 9.87. The lowest BCUT2D eigenvalue weighted by molar-refractivity contribution is 0.271. The van der Waals surface area contributed by atoms with Gasteiger partial charge in [-0.1, -0.05) is 11.8 Å². The second kappa shape index (κ2) is 5.26. The van der Waals surface area contributed by atoms with E-state index in [-0.39, 0.29) is 12.4 Å². The van der Waals surface area contributed by atoms with Gasteiger partial charge in [-0.25, -0.2) is 14.4 Å². The van der Waals surface area contributed by atoms with Crippen LogP contribution in [-0.4, -0.2) is 19.6 Å². The first-order chi connectivity index (χ1) is 9.67. The Labute approximate surface area is 118 Å². The van der Waals surface area contributed by atoms with Crippen LogP contribution < -0.4 is 0 Å². The van der Waals surface area contributed by atoms with Crippen molar-refractivity contribution >= 4 is 22.9 Å². The van der Waals surface area contributed by atoms with Gasteiger partial charge < -0.3 is 14.1 Å². The molecular formula is C13H12FN3O2S. The number of aliphatic hydroxyl groups is 1. The van der Waals surface area contributed by atoms with Crippen molar-refractivity contribution in [3.05, 3.63) is 41.8 Å². The second-order valence-corrected chi connectivity index (χ2v) is 5.20. The van der Waals surface area contributed by atoms with E-state index in [4.69, 9.17) is 9.52 Å². The third-order valence-electron chi connectivity index (χ3n) is 2.92. The predicted molar refractivity (Wildman–Crippen MR) is 72.7 cm³/mol. The lowest BCUT2D eigenvalue weighted by atomic mass is 10.3. The summed E-state index contributed by atoms with van der Waals surface area (Å²) >= 11 is 1.45. The summed E-state index contributed by atoms with van der Waals surface area (Å²) < 4.78 is 20.4. The highest BCUT2D eigenvalue weighted by atomic mass is 32.2. The number of aromatic nitrogens is 3. The summed E-state index contributed by atoms with van der Waals surface area (Å²) in [6, 6.07) is 4.25. The predicted octanol–water partition coefficient (Wildman–Crippen LogP) is 2.49. The highest BCUT2D eigenvalue weighted by molar-refractivity contribution is 7.98. The lowest BCUT2D eigenvalue weighted by Gasteiger charge is -2.01. The summed E-state index contributed by atoms with van der Waals surface area (Å²) in [7, 11) is 1.84. The number of benzene rings is 1. The first-order valence-electron chi connectivity index (χ1n) is 5.96. The number of oxazole rings is 1. The van der Waals surface area contributed by atoms with Crippen LogP contribution in [0.25, 0.3) is 11.1 Å². The number of fused-ring (bicyclic) bond motifs is 1. The molecule has 0 saturated carbocycles. The largest absolute Gasteiger partial charge is 0.440 e. The van der Waals surface area contributed by atoms with Crippen LogP contribution in [0.2, 0.25) is 0 Å². The molecule has 0 bridgehead atoms. The van der Waals surface area contributed by atoms with Crippen molar-refractivity contribution in [3.63, 3.8) is 0 Å². The van der Waals surface area contributed by atoms with Crippen molar-refractivity contribution in [1.29, 1.82) is 0 Å². The molecule has 0 aliphatic rings. The van der Waals surface area contributed by atoms with Crippen molar-refractivity contribution < 1.29 is 13.9 Å². The van der Waals surface area contributed by atoms with Crippen molar-refractivity contribution in [2.24, 2.45) is 7.05 Å². The first kappa shape index (κ1) is 13.1. The van der Waals surface area contributed by atoms with E-state index in [2.05, 4.69) is 9.97 Å². The molecule has 0 radical (unpaired) electrons. The first-order valence-corrected chi connectivity index (χ1v) is 6.95. The normalized spacial score (nSPS) is 11.3. The smallest absolute Gasteiger partial charge is 0.205 e. The number of hydrogen-bond acceptors (Lipinski definition) is 5. The van der Waals surface area contributed by atoms with Gasteiger partial charge in [-0.2, -0.15) is 0 Å². The molecule has 5 nitrogen and oxygen atoms in total. The molecule has 2 heterocycles. The highest BCUT2D eigenvalue weighted by Crippen LogP contribution is 2.24. The molecule has 3 aromatic rings. The number of nitrogens with zero attached hydrogens (tertiary/aromatic N) is 3. The highest BCUT2D eigenvalue weighted by Gasteiger charge is 2.10.